The van der Waals surface area contributed by atoms with Crippen LogP contribution in [0.5, 0.6) is 11.5 Å². The first-order chi connectivity index (χ1) is 29.0. The predicted molar refractivity (Wildman–Crippen MR) is 242 cm³/mol. The summed E-state index contributed by atoms with van der Waals surface area (Å²) in [6.07, 6.45) is 15.6. The van der Waals surface area contributed by atoms with Gasteiger partial charge in [-0.3, -0.25) is 0 Å². The summed E-state index contributed by atoms with van der Waals surface area (Å²) < 4.78 is 6.90. The van der Waals surface area contributed by atoms with Crippen molar-refractivity contribution in [3.05, 3.63) is 137 Å². The summed E-state index contributed by atoms with van der Waals surface area (Å²) >= 11 is 0. The molecular formula is C58H59NO. The van der Waals surface area contributed by atoms with E-state index in [1.54, 1.807) is 5.56 Å². The first-order valence-corrected chi connectivity index (χ1v) is 24.1. The third-order valence-corrected chi connectivity index (χ3v) is 21.1. The third-order valence-electron chi connectivity index (χ3n) is 21.1. The maximum atomic E-state index is 6.90. The smallest absolute Gasteiger partial charge is 0.131 e. The van der Waals surface area contributed by atoms with E-state index in [4.69, 9.17) is 4.74 Å². The van der Waals surface area contributed by atoms with Crippen molar-refractivity contribution in [2.24, 2.45) is 52.3 Å². The van der Waals surface area contributed by atoms with Gasteiger partial charge >= 0.3 is 0 Å². The van der Waals surface area contributed by atoms with Crippen LogP contribution in [-0.2, 0) is 21.7 Å². The molecule has 2 heteroatoms. The molecular weight excluding hydrogens is 727 g/mol. The Balaban J connectivity index is 0.857. The molecule has 0 radical (unpaired) electrons. The van der Waals surface area contributed by atoms with E-state index in [-0.39, 0.29) is 16.2 Å². The predicted octanol–water partition coefficient (Wildman–Crippen LogP) is 14.7. The summed E-state index contributed by atoms with van der Waals surface area (Å²) in [6, 6.07) is 43.4. The number of anilines is 3. The fourth-order valence-corrected chi connectivity index (χ4v) is 18.8. The maximum Gasteiger partial charge on any atom is 0.131 e. The molecule has 0 aromatic heterocycles. The lowest BCUT2D eigenvalue weighted by molar-refractivity contribution is -0.235. The topological polar surface area (TPSA) is 12.5 Å². The van der Waals surface area contributed by atoms with E-state index in [2.05, 4.69) is 142 Å². The van der Waals surface area contributed by atoms with E-state index in [0.717, 1.165) is 52.9 Å². The monoisotopic (exact) mass is 785 g/mol. The Hall–Kier alpha value is -4.30. The molecule has 9 aliphatic carbocycles. The highest BCUT2D eigenvalue weighted by Crippen LogP contribution is 2.90. The molecule has 15 rings (SSSR count). The van der Waals surface area contributed by atoms with Gasteiger partial charge in [-0.1, -0.05) is 88.4 Å². The number of nitrogens with zero attached hydrogens (tertiary/aromatic N) is 1. The van der Waals surface area contributed by atoms with Crippen LogP contribution in [0.15, 0.2) is 109 Å². The number of para-hydroxylation sites is 1. The van der Waals surface area contributed by atoms with Gasteiger partial charge in [0.15, 0.2) is 0 Å². The van der Waals surface area contributed by atoms with Crippen molar-refractivity contribution >= 4 is 17.1 Å². The molecule has 1 heterocycles. The quantitative estimate of drug-likeness (QED) is 0.176. The largest absolute Gasteiger partial charge is 0.457 e. The zero-order chi connectivity index (χ0) is 39.8. The zero-order valence-electron chi connectivity index (χ0n) is 36.1. The van der Waals surface area contributed by atoms with Crippen LogP contribution in [0.4, 0.5) is 17.1 Å². The van der Waals surface area contributed by atoms with Crippen LogP contribution in [0.3, 0.4) is 0 Å². The Bertz CT molecular complexity index is 2710. The minimum atomic E-state index is 0.0559. The first-order valence-electron chi connectivity index (χ1n) is 24.1. The molecule has 0 amide bonds. The van der Waals surface area contributed by atoms with Crippen LogP contribution in [0.1, 0.15) is 126 Å². The Morgan fingerprint density at radius 3 is 1.98 bits per heavy atom. The van der Waals surface area contributed by atoms with Crippen LogP contribution in [0.2, 0.25) is 0 Å². The Kier molecular flexibility index (Phi) is 6.09. The van der Waals surface area contributed by atoms with Crippen molar-refractivity contribution in [3.63, 3.8) is 0 Å². The SMILES string of the molecule is CC1(C)CCC(C)(C)c2cc(-c3ccc(N(c4ccc(C56CC7CC8CC(C5)C86C7)cc4)c4ccc5c(c4)C4(c6ccccc6O5)C5CC6CC7CC4C75C6)cc3)ccc21. The second kappa shape index (κ2) is 10.7. The molecule has 0 saturated heterocycles. The second-order valence-corrected chi connectivity index (χ2v) is 23.8. The molecule has 10 aliphatic rings. The van der Waals surface area contributed by atoms with Gasteiger partial charge in [-0.05, 0) is 210 Å². The van der Waals surface area contributed by atoms with Gasteiger partial charge in [-0.25, -0.2) is 0 Å². The van der Waals surface area contributed by atoms with Gasteiger partial charge in [0.1, 0.15) is 11.5 Å². The minimum Gasteiger partial charge on any atom is -0.457 e. The van der Waals surface area contributed by atoms with E-state index in [1.165, 1.54) is 121 Å². The van der Waals surface area contributed by atoms with E-state index in [0.29, 0.717) is 16.2 Å². The summed E-state index contributed by atoms with van der Waals surface area (Å²) in [5.41, 5.74) is 16.1. The fraction of sp³-hybridized carbons (Fsp3) is 0.483. The van der Waals surface area contributed by atoms with Gasteiger partial charge in [0.05, 0.1) is 0 Å². The van der Waals surface area contributed by atoms with E-state index >= 15 is 0 Å². The Morgan fingerprint density at radius 2 is 1.20 bits per heavy atom. The first kappa shape index (κ1) is 34.3. The van der Waals surface area contributed by atoms with E-state index in [9.17, 15) is 0 Å². The van der Waals surface area contributed by atoms with Crippen LogP contribution in [-0.4, -0.2) is 0 Å². The number of hydrogen-bond donors (Lipinski definition) is 0. The van der Waals surface area contributed by atoms with Crippen molar-refractivity contribution in [1.82, 2.24) is 0 Å². The molecule has 11 unspecified atom stereocenters. The molecule has 8 fully saturated rings. The normalized spacial score (nSPS) is 39.8. The van der Waals surface area contributed by atoms with E-state index in [1.807, 2.05) is 0 Å². The standard InChI is InChI=1S/C58H59NO/c1-53(2)21-22-54(3,4)47-26-37(11-19-45(47)53)36-9-14-42(15-10-36)59(43-16-12-38(13-17-43)55-30-35-24-40-27-41(33-55)57(40,55)32-35)44-18-20-50-48(29-44)58(46-7-5-6-8-49(46)60-50)51-25-34-23-39-28-52(58)56(39,51)31-34/h5-20,26,29,34-35,39-41,51-52H,21-25,27-28,30-33H2,1-4H3. The molecule has 4 bridgehead atoms. The average Bonchev–Trinajstić information content (AvgIpc) is 3.97. The third kappa shape index (κ3) is 3.70. The van der Waals surface area contributed by atoms with Crippen LogP contribution in [0, 0.1) is 52.3 Å². The molecule has 5 aromatic rings. The average molecular weight is 786 g/mol. The molecule has 1 aliphatic heterocycles. The Labute approximate surface area is 357 Å². The van der Waals surface area contributed by atoms with E-state index < -0.39 is 0 Å². The highest BCUT2D eigenvalue weighted by molar-refractivity contribution is 5.81. The van der Waals surface area contributed by atoms with Gasteiger partial charge in [0, 0.05) is 39.0 Å². The molecule has 8 saturated carbocycles. The van der Waals surface area contributed by atoms with Crippen LogP contribution in [0.25, 0.3) is 11.1 Å². The summed E-state index contributed by atoms with van der Waals surface area (Å²) in [6.45, 7) is 9.74. The summed E-state index contributed by atoms with van der Waals surface area (Å²) in [5.74, 6) is 8.48. The highest BCUT2D eigenvalue weighted by atomic mass is 16.5. The number of hydrogen-bond acceptors (Lipinski definition) is 2. The summed E-state index contributed by atoms with van der Waals surface area (Å²) in [7, 11) is 0. The van der Waals surface area contributed by atoms with Gasteiger partial charge in [-0.15, -0.1) is 0 Å². The number of fused-ring (bicyclic) bond motifs is 9. The molecule has 60 heavy (non-hydrogen) atoms. The zero-order valence-corrected chi connectivity index (χ0v) is 36.1. The minimum absolute atomic E-state index is 0.0559. The molecule has 2 nitrogen and oxygen atoms in total. The molecule has 302 valence electrons. The lowest BCUT2D eigenvalue weighted by Crippen LogP contribution is -2.74. The molecule has 11 atom stereocenters. The fourth-order valence-electron chi connectivity index (χ4n) is 18.8. The highest BCUT2D eigenvalue weighted by Gasteiger charge is 2.84. The van der Waals surface area contributed by atoms with Crippen molar-refractivity contribution in [1.29, 1.82) is 0 Å². The lowest BCUT2D eigenvalue weighted by atomic mass is 9.26. The maximum absolute atomic E-state index is 6.90. The summed E-state index contributed by atoms with van der Waals surface area (Å²) in [4.78, 5) is 2.58. The summed E-state index contributed by atoms with van der Waals surface area (Å²) in [5, 5.41) is 0. The van der Waals surface area contributed by atoms with Gasteiger partial charge in [0.25, 0.3) is 0 Å². The van der Waals surface area contributed by atoms with Gasteiger partial charge in [0.2, 0.25) is 0 Å². The number of rotatable bonds is 5. The molecule has 0 N–H and O–H groups in total. The van der Waals surface area contributed by atoms with Crippen molar-refractivity contribution in [2.75, 3.05) is 4.90 Å². The van der Waals surface area contributed by atoms with Crippen LogP contribution >= 0.6 is 0 Å². The van der Waals surface area contributed by atoms with Crippen molar-refractivity contribution in [2.45, 2.75) is 120 Å². The lowest BCUT2D eigenvalue weighted by Gasteiger charge is -2.77. The molecule has 5 aromatic carbocycles. The van der Waals surface area contributed by atoms with Crippen molar-refractivity contribution in [3.8, 4) is 22.6 Å². The number of ether oxygens (including phenoxy) is 1. The molecule has 3 spiro atoms. The van der Waals surface area contributed by atoms with Gasteiger partial charge < -0.3 is 9.64 Å². The van der Waals surface area contributed by atoms with Gasteiger partial charge in [-0.2, -0.15) is 0 Å². The Morgan fingerprint density at radius 1 is 0.500 bits per heavy atom. The number of benzene rings is 5. The second-order valence-electron chi connectivity index (χ2n) is 23.8. The van der Waals surface area contributed by atoms with Crippen molar-refractivity contribution < 1.29 is 4.74 Å². The van der Waals surface area contributed by atoms with Crippen LogP contribution < -0.4 is 9.64 Å².